The first kappa shape index (κ1) is 17.3. The lowest BCUT2D eigenvalue weighted by molar-refractivity contribution is 0.262. The summed E-state index contributed by atoms with van der Waals surface area (Å²) in [5.41, 5.74) is 2.53. The monoisotopic (exact) mass is 374 g/mol. The van der Waals surface area contributed by atoms with Crippen molar-refractivity contribution in [3.63, 3.8) is 0 Å². The number of hydrogen-bond donors (Lipinski definition) is 2. The van der Waals surface area contributed by atoms with Gasteiger partial charge in [-0.1, -0.05) is 41.4 Å². The summed E-state index contributed by atoms with van der Waals surface area (Å²) in [6, 6.07) is 15.9. The Morgan fingerprint density at radius 2 is 1.80 bits per heavy atom. The number of anilines is 2. The molecule has 0 aliphatic heterocycles. The molecule has 0 radical (unpaired) electrons. The maximum absolute atomic E-state index is 12.1. The average Bonchev–Trinajstić information content (AvgIpc) is 2.91. The van der Waals surface area contributed by atoms with Crippen molar-refractivity contribution in [1.82, 2.24) is 9.78 Å². The molecule has 2 N–H and O–H groups in total. The highest BCUT2D eigenvalue weighted by molar-refractivity contribution is 6.31. The van der Waals surface area contributed by atoms with Gasteiger partial charge in [0.25, 0.3) is 0 Å². The van der Waals surface area contributed by atoms with Crippen LogP contribution in [0.25, 0.3) is 0 Å². The number of urea groups is 1. The summed E-state index contributed by atoms with van der Waals surface area (Å²) in [6.45, 7) is 2.46. The Kier molecular flexibility index (Phi) is 5.26. The van der Waals surface area contributed by atoms with Crippen LogP contribution in [-0.2, 0) is 6.54 Å². The van der Waals surface area contributed by atoms with Crippen molar-refractivity contribution in [2.45, 2.75) is 13.5 Å². The van der Waals surface area contributed by atoms with Crippen LogP contribution in [0.1, 0.15) is 11.3 Å². The van der Waals surface area contributed by atoms with Gasteiger partial charge in [-0.25, -0.2) is 4.79 Å². The van der Waals surface area contributed by atoms with Gasteiger partial charge in [-0.2, -0.15) is 5.10 Å². The minimum Gasteiger partial charge on any atom is -0.308 e. The normalized spacial score (nSPS) is 10.5. The summed E-state index contributed by atoms with van der Waals surface area (Å²) in [7, 11) is 0. The predicted octanol–water partition coefficient (Wildman–Crippen LogP) is 5.19. The lowest BCUT2D eigenvalue weighted by atomic mass is 10.2. The number of benzene rings is 2. The van der Waals surface area contributed by atoms with Gasteiger partial charge in [-0.05, 0) is 42.8 Å². The minimum absolute atomic E-state index is 0.371. The Bertz CT molecular complexity index is 890. The molecular formula is C18H16Cl2N4O. The van der Waals surface area contributed by atoms with Crippen molar-refractivity contribution in [3.8, 4) is 0 Å². The van der Waals surface area contributed by atoms with Crippen LogP contribution in [0.3, 0.4) is 0 Å². The zero-order chi connectivity index (χ0) is 17.8. The standard InChI is InChI=1S/C18H16Cl2N4O/c1-12-10-17(22-18(25)21-15-8-6-14(19)7-9-15)23-24(12)11-13-4-2-3-5-16(13)20/h2-10H,11H2,1H3,(H2,21,22,23,25). The SMILES string of the molecule is Cc1cc(NC(=O)Nc2ccc(Cl)cc2)nn1Cc1ccccc1Cl. The first-order valence-electron chi connectivity index (χ1n) is 7.63. The van der Waals surface area contributed by atoms with E-state index in [9.17, 15) is 4.79 Å². The number of carbonyl (C=O) groups is 1. The van der Waals surface area contributed by atoms with Crippen LogP contribution in [0, 0.1) is 6.92 Å². The second-order valence-electron chi connectivity index (χ2n) is 5.51. The average molecular weight is 375 g/mol. The summed E-state index contributed by atoms with van der Waals surface area (Å²) in [4.78, 5) is 12.1. The molecule has 0 spiro atoms. The molecule has 7 heteroatoms. The van der Waals surface area contributed by atoms with Gasteiger partial charge in [0.2, 0.25) is 0 Å². The first-order valence-corrected chi connectivity index (χ1v) is 8.38. The maximum atomic E-state index is 12.1. The molecule has 0 atom stereocenters. The molecule has 25 heavy (non-hydrogen) atoms. The predicted molar refractivity (Wildman–Crippen MR) is 102 cm³/mol. The number of nitrogens with zero attached hydrogens (tertiary/aromatic N) is 2. The van der Waals surface area contributed by atoms with Crippen LogP contribution in [0.15, 0.2) is 54.6 Å². The zero-order valence-electron chi connectivity index (χ0n) is 13.5. The van der Waals surface area contributed by atoms with Crippen LogP contribution >= 0.6 is 23.2 Å². The molecule has 0 saturated carbocycles. The van der Waals surface area contributed by atoms with Crippen LogP contribution in [-0.4, -0.2) is 15.8 Å². The van der Waals surface area contributed by atoms with Gasteiger partial charge in [-0.15, -0.1) is 0 Å². The van der Waals surface area contributed by atoms with Crippen molar-refractivity contribution in [3.05, 3.63) is 75.9 Å². The summed E-state index contributed by atoms with van der Waals surface area (Å²) in [5, 5.41) is 11.2. The summed E-state index contributed by atoms with van der Waals surface area (Å²) < 4.78 is 1.79. The number of hydrogen-bond acceptors (Lipinski definition) is 2. The number of rotatable bonds is 4. The molecule has 0 saturated heterocycles. The zero-order valence-corrected chi connectivity index (χ0v) is 15.0. The number of nitrogens with one attached hydrogen (secondary N) is 2. The van der Waals surface area contributed by atoms with Crippen molar-refractivity contribution in [2.24, 2.45) is 0 Å². The molecule has 2 aromatic carbocycles. The second kappa shape index (κ2) is 7.59. The third-order valence-corrected chi connectivity index (χ3v) is 4.22. The molecule has 0 aliphatic carbocycles. The van der Waals surface area contributed by atoms with Crippen molar-refractivity contribution in [2.75, 3.05) is 10.6 Å². The highest BCUT2D eigenvalue weighted by Gasteiger charge is 2.10. The molecule has 128 valence electrons. The van der Waals surface area contributed by atoms with E-state index in [0.717, 1.165) is 11.3 Å². The fraction of sp³-hybridized carbons (Fsp3) is 0.111. The number of halogens is 2. The lowest BCUT2D eigenvalue weighted by Crippen LogP contribution is -2.19. The molecule has 1 heterocycles. The summed E-state index contributed by atoms with van der Waals surface area (Å²) in [5.74, 6) is 0.469. The number of amides is 2. The highest BCUT2D eigenvalue weighted by Crippen LogP contribution is 2.18. The third kappa shape index (κ3) is 4.53. The van der Waals surface area contributed by atoms with Crippen LogP contribution in [0.2, 0.25) is 10.0 Å². The highest BCUT2D eigenvalue weighted by atomic mass is 35.5. The van der Waals surface area contributed by atoms with E-state index in [1.165, 1.54) is 0 Å². The Labute approximate surface area is 155 Å². The fourth-order valence-corrected chi connectivity index (χ4v) is 2.65. The van der Waals surface area contributed by atoms with Gasteiger partial charge < -0.3 is 5.32 Å². The second-order valence-corrected chi connectivity index (χ2v) is 6.35. The van der Waals surface area contributed by atoms with Gasteiger partial charge in [0, 0.05) is 27.5 Å². The molecule has 3 rings (SSSR count). The summed E-state index contributed by atoms with van der Waals surface area (Å²) >= 11 is 12.0. The Balaban J connectivity index is 1.66. The van der Waals surface area contributed by atoms with Crippen molar-refractivity contribution >= 4 is 40.7 Å². The molecule has 0 fully saturated rings. The van der Waals surface area contributed by atoms with Gasteiger partial charge in [0.1, 0.15) is 0 Å². The number of aryl methyl sites for hydroxylation is 1. The molecular weight excluding hydrogens is 359 g/mol. The van der Waals surface area contributed by atoms with Gasteiger partial charge >= 0.3 is 6.03 Å². The number of carbonyl (C=O) groups excluding carboxylic acids is 1. The van der Waals surface area contributed by atoms with E-state index in [-0.39, 0.29) is 6.03 Å². The third-order valence-electron chi connectivity index (χ3n) is 3.60. The van der Waals surface area contributed by atoms with Gasteiger partial charge in [0.05, 0.1) is 6.54 Å². The molecule has 3 aromatic rings. The van der Waals surface area contributed by atoms with E-state index in [4.69, 9.17) is 23.2 Å². The minimum atomic E-state index is -0.371. The number of aromatic nitrogens is 2. The smallest absolute Gasteiger partial charge is 0.308 e. The molecule has 0 aliphatic rings. The van der Waals surface area contributed by atoms with E-state index in [2.05, 4.69) is 15.7 Å². The molecule has 5 nitrogen and oxygen atoms in total. The van der Waals surface area contributed by atoms with Crippen LogP contribution in [0.5, 0.6) is 0 Å². The first-order chi connectivity index (χ1) is 12.0. The topological polar surface area (TPSA) is 59.0 Å². The Morgan fingerprint density at radius 1 is 1.08 bits per heavy atom. The van der Waals surface area contributed by atoms with Gasteiger partial charge in [0.15, 0.2) is 5.82 Å². The fourth-order valence-electron chi connectivity index (χ4n) is 2.33. The molecule has 0 unspecified atom stereocenters. The molecule has 1 aromatic heterocycles. The molecule has 0 bridgehead atoms. The largest absolute Gasteiger partial charge is 0.324 e. The Morgan fingerprint density at radius 3 is 2.52 bits per heavy atom. The lowest BCUT2D eigenvalue weighted by Gasteiger charge is -2.07. The Hall–Kier alpha value is -2.50. The quantitative estimate of drug-likeness (QED) is 0.659. The van der Waals surface area contributed by atoms with E-state index in [0.29, 0.717) is 28.1 Å². The van der Waals surface area contributed by atoms with E-state index >= 15 is 0 Å². The maximum Gasteiger partial charge on any atom is 0.324 e. The van der Waals surface area contributed by atoms with Crippen molar-refractivity contribution < 1.29 is 4.79 Å². The van der Waals surface area contributed by atoms with E-state index < -0.39 is 0 Å². The van der Waals surface area contributed by atoms with Gasteiger partial charge in [-0.3, -0.25) is 10.00 Å². The molecule has 2 amide bonds. The van der Waals surface area contributed by atoms with Crippen LogP contribution in [0.4, 0.5) is 16.3 Å². The summed E-state index contributed by atoms with van der Waals surface area (Å²) in [6.07, 6.45) is 0. The van der Waals surface area contributed by atoms with E-state index in [1.54, 1.807) is 35.0 Å². The van der Waals surface area contributed by atoms with Crippen LogP contribution < -0.4 is 10.6 Å². The van der Waals surface area contributed by atoms with E-state index in [1.807, 2.05) is 31.2 Å². The van der Waals surface area contributed by atoms with Crippen molar-refractivity contribution in [1.29, 1.82) is 0 Å².